The number of allylic oxidation sites excluding steroid dienone is 4. The fraction of sp³-hybridized carbons (Fsp3) is 0.526. The number of benzene rings is 2. The number of hydrogen-bond donors (Lipinski definition) is 2. The van der Waals surface area contributed by atoms with Crippen molar-refractivity contribution in [2.75, 3.05) is 11.3 Å². The van der Waals surface area contributed by atoms with Crippen LogP contribution in [0, 0.1) is 22.7 Å². The first-order valence-corrected chi connectivity index (χ1v) is 17.7. The van der Waals surface area contributed by atoms with E-state index in [-0.39, 0.29) is 24.8 Å². The van der Waals surface area contributed by atoms with Crippen LogP contribution in [0.3, 0.4) is 0 Å². The van der Waals surface area contributed by atoms with Gasteiger partial charge in [0.15, 0.2) is 23.3 Å². The van der Waals surface area contributed by atoms with Crippen molar-refractivity contribution in [1.29, 1.82) is 0 Å². The van der Waals surface area contributed by atoms with E-state index in [2.05, 4.69) is 31.3 Å². The Morgan fingerprint density at radius 1 is 1.10 bits per heavy atom. The third-order valence-electron chi connectivity index (χ3n) is 11.9. The quantitative estimate of drug-likeness (QED) is 0.316. The molecular formula is C38H42F3NO5S. The highest BCUT2D eigenvalue weighted by Crippen LogP contribution is 2.73. The molecule has 10 heteroatoms. The van der Waals surface area contributed by atoms with E-state index in [0.29, 0.717) is 29.8 Å². The number of fused-ring (bicyclic) bond motifs is 7. The molecule has 4 fully saturated rings. The molecule has 1 aliphatic heterocycles. The van der Waals surface area contributed by atoms with Crippen molar-refractivity contribution in [1.82, 2.24) is 0 Å². The van der Waals surface area contributed by atoms with Gasteiger partial charge in [0.1, 0.15) is 12.2 Å². The second-order valence-electron chi connectivity index (χ2n) is 14.9. The number of ketones is 1. The number of ether oxygens (including phenoxy) is 2. The first-order chi connectivity index (χ1) is 22.8. The fourth-order valence-corrected chi connectivity index (χ4v) is 10.5. The second kappa shape index (κ2) is 11.9. The highest BCUT2D eigenvalue weighted by atomic mass is 32.2. The lowest BCUT2D eigenvalue weighted by Crippen LogP contribution is -2.70. The Balaban J connectivity index is 1.18. The van der Waals surface area contributed by atoms with Crippen molar-refractivity contribution in [3.05, 3.63) is 89.0 Å². The Bertz CT molecular complexity index is 1680. The summed E-state index contributed by atoms with van der Waals surface area (Å²) >= 11 is 0.481. The molecule has 6 nitrogen and oxygen atoms in total. The van der Waals surface area contributed by atoms with Crippen molar-refractivity contribution in [2.45, 2.75) is 95.4 Å². The summed E-state index contributed by atoms with van der Waals surface area (Å²) in [7, 11) is 0. The Hall–Kier alpha value is -2.92. The molecule has 5 aliphatic rings. The van der Waals surface area contributed by atoms with Gasteiger partial charge in [0.25, 0.3) is 0 Å². The van der Waals surface area contributed by atoms with Crippen molar-refractivity contribution < 1.29 is 37.3 Å². The average molecular weight is 682 g/mol. The lowest BCUT2D eigenvalue weighted by atomic mass is 9.44. The number of thioether (sulfide) groups is 1. The summed E-state index contributed by atoms with van der Waals surface area (Å²) in [6.45, 7) is 7.49. The number of carbonyl (C=O) groups excluding carboxylic acids is 2. The van der Waals surface area contributed by atoms with Gasteiger partial charge in [0.05, 0.1) is 12.2 Å². The molecule has 2 N–H and O–H groups in total. The predicted molar refractivity (Wildman–Crippen MR) is 178 cm³/mol. The van der Waals surface area contributed by atoms with E-state index in [4.69, 9.17) is 9.47 Å². The Morgan fingerprint density at radius 3 is 2.56 bits per heavy atom. The number of rotatable bonds is 7. The fourth-order valence-electron chi connectivity index (χ4n) is 9.74. The van der Waals surface area contributed by atoms with E-state index in [1.54, 1.807) is 6.92 Å². The predicted octanol–water partition coefficient (Wildman–Crippen LogP) is 7.37. The molecule has 1 saturated heterocycles. The molecule has 48 heavy (non-hydrogen) atoms. The normalized spacial score (nSPS) is 39.8. The first kappa shape index (κ1) is 33.6. The van der Waals surface area contributed by atoms with Crippen LogP contribution in [0.4, 0.5) is 18.9 Å². The highest BCUT2D eigenvalue weighted by Gasteiger charge is 2.80. The number of halogens is 3. The number of anilines is 1. The molecule has 4 aliphatic carbocycles. The van der Waals surface area contributed by atoms with E-state index in [9.17, 15) is 19.1 Å². The molecule has 2 aromatic rings. The van der Waals surface area contributed by atoms with Gasteiger partial charge in [0, 0.05) is 34.0 Å². The lowest BCUT2D eigenvalue weighted by Gasteiger charge is -2.63. The number of nitrogens with one attached hydrogen (secondary N) is 1. The Morgan fingerprint density at radius 2 is 1.85 bits per heavy atom. The largest absolute Gasteiger partial charge is 0.390 e. The zero-order valence-electron chi connectivity index (χ0n) is 27.6. The molecule has 10 atom stereocenters. The maximum atomic E-state index is 17.6. The van der Waals surface area contributed by atoms with Gasteiger partial charge in [-0.05, 0) is 93.4 Å². The van der Waals surface area contributed by atoms with Crippen molar-refractivity contribution in [3.63, 3.8) is 0 Å². The molecule has 0 spiro atoms. The van der Waals surface area contributed by atoms with Gasteiger partial charge in [-0.1, -0.05) is 61.2 Å². The van der Waals surface area contributed by atoms with Crippen LogP contribution in [-0.2, 0) is 25.5 Å². The standard InChI is InChI=1S/C38H42F3NO5S/c1-21(2)42-25-7-5-6-23(15-25)14-22-8-10-24(11-9-22)33-46-32-18-27-28-17-30(40)29-16-26(43)12-13-35(29,3)37(28,41)31(44)19-36(27,4)38(32,47-33)34(45)48-20-39/h5-13,15-16,21,27-28,30-33,42,44H,14,17-20H2,1-4H3/t27-,28-,30-,31-,32+,33+,35-,36-,37-,38-/m0/s1. The number of aliphatic hydroxyl groups is 1. The molecule has 0 aromatic heterocycles. The van der Waals surface area contributed by atoms with Gasteiger partial charge >= 0.3 is 0 Å². The molecule has 2 aromatic carbocycles. The maximum absolute atomic E-state index is 17.6. The van der Waals surface area contributed by atoms with Crippen molar-refractivity contribution in [3.8, 4) is 0 Å². The third kappa shape index (κ3) is 4.80. The van der Waals surface area contributed by atoms with Crippen LogP contribution < -0.4 is 5.32 Å². The summed E-state index contributed by atoms with van der Waals surface area (Å²) in [6, 6.07) is 15.3. The van der Waals surface area contributed by atoms with Gasteiger partial charge in [-0.15, -0.1) is 0 Å². The van der Waals surface area contributed by atoms with E-state index >= 15 is 8.78 Å². The molecule has 0 bridgehead atoms. The van der Waals surface area contributed by atoms with Crippen molar-refractivity contribution >= 4 is 28.3 Å². The number of aliphatic hydroxyl groups excluding tert-OH is 1. The zero-order chi connectivity index (χ0) is 34.2. The highest BCUT2D eigenvalue weighted by molar-refractivity contribution is 8.13. The molecule has 3 saturated carbocycles. The van der Waals surface area contributed by atoms with Crippen LogP contribution in [0.25, 0.3) is 0 Å². The summed E-state index contributed by atoms with van der Waals surface area (Å²) in [5, 5.41) is 14.6. The van der Waals surface area contributed by atoms with Crippen LogP contribution in [0.2, 0.25) is 0 Å². The minimum atomic E-state index is -2.31. The zero-order valence-corrected chi connectivity index (χ0v) is 28.4. The van der Waals surface area contributed by atoms with Gasteiger partial charge in [-0.2, -0.15) is 0 Å². The van der Waals surface area contributed by atoms with E-state index < -0.39 is 75.5 Å². The van der Waals surface area contributed by atoms with Gasteiger partial charge < -0.3 is 19.9 Å². The second-order valence-corrected chi connectivity index (χ2v) is 15.7. The minimum Gasteiger partial charge on any atom is -0.390 e. The molecule has 7 rings (SSSR count). The monoisotopic (exact) mass is 681 g/mol. The third-order valence-corrected chi connectivity index (χ3v) is 12.6. The summed E-state index contributed by atoms with van der Waals surface area (Å²) in [5.74, 6) is -2.04. The Kier molecular flexibility index (Phi) is 8.29. The number of alkyl halides is 3. The molecule has 0 amide bonds. The summed E-state index contributed by atoms with van der Waals surface area (Å²) in [5.41, 5.74) is -2.76. The smallest absolute Gasteiger partial charge is 0.226 e. The Labute approximate surface area is 283 Å². The van der Waals surface area contributed by atoms with Gasteiger partial charge in [-0.25, -0.2) is 13.2 Å². The summed E-state index contributed by atoms with van der Waals surface area (Å²) in [4.78, 5) is 26.1. The van der Waals surface area contributed by atoms with Crippen LogP contribution in [-0.4, -0.2) is 57.7 Å². The van der Waals surface area contributed by atoms with Crippen molar-refractivity contribution in [2.24, 2.45) is 22.7 Å². The van der Waals surface area contributed by atoms with Gasteiger partial charge in [0.2, 0.25) is 5.12 Å². The molecule has 0 radical (unpaired) electrons. The topological polar surface area (TPSA) is 84.9 Å². The maximum Gasteiger partial charge on any atom is 0.226 e. The summed E-state index contributed by atoms with van der Waals surface area (Å²) in [6.07, 6.45) is -0.815. The van der Waals surface area contributed by atoms with Crippen LogP contribution in [0.15, 0.2) is 72.3 Å². The first-order valence-electron chi connectivity index (χ1n) is 16.7. The SMILES string of the molecule is CC(C)Nc1cccc(Cc2ccc([C@@H]3O[C@@H]4C[C@H]5[C@@H]6C[C@H](F)C7=CC(=O)C=C[C@]7(C)[C@@]6(F)[C@@H](O)C[C@]5(C)[C@]4(C(=O)SCF)O3)cc2)c1. The minimum absolute atomic E-state index is 0.0318. The summed E-state index contributed by atoms with van der Waals surface area (Å²) < 4.78 is 60.4. The molecule has 0 unspecified atom stereocenters. The van der Waals surface area contributed by atoms with E-state index in [0.717, 1.165) is 22.9 Å². The molecular weight excluding hydrogens is 639 g/mol. The lowest BCUT2D eigenvalue weighted by molar-refractivity contribution is -0.232. The molecule has 1 heterocycles. The van der Waals surface area contributed by atoms with E-state index in [1.807, 2.05) is 36.4 Å². The van der Waals surface area contributed by atoms with Gasteiger partial charge in [-0.3, -0.25) is 9.59 Å². The average Bonchev–Trinajstić information content (AvgIpc) is 3.53. The number of carbonyl (C=O) groups is 2. The van der Waals surface area contributed by atoms with E-state index in [1.165, 1.54) is 19.1 Å². The van der Waals surface area contributed by atoms with Crippen LogP contribution >= 0.6 is 11.8 Å². The van der Waals surface area contributed by atoms with Crippen LogP contribution in [0.1, 0.15) is 69.9 Å². The van der Waals surface area contributed by atoms with Crippen LogP contribution in [0.5, 0.6) is 0 Å². The molecule has 256 valence electrons. The number of hydrogen-bond acceptors (Lipinski definition) is 7.